The van der Waals surface area contributed by atoms with Gasteiger partial charge < -0.3 is 4.74 Å². The minimum Gasteiger partial charge on any atom is -0.385 e. The van der Waals surface area contributed by atoms with Gasteiger partial charge in [-0.3, -0.25) is 0 Å². The summed E-state index contributed by atoms with van der Waals surface area (Å²) < 4.78 is 31.7. The highest BCUT2D eigenvalue weighted by atomic mass is 32.2. The minimum absolute atomic E-state index is 0.365. The van der Waals surface area contributed by atoms with Crippen LogP contribution in [0.3, 0.4) is 0 Å². The van der Waals surface area contributed by atoms with E-state index in [1.807, 2.05) is 17.5 Å². The van der Waals surface area contributed by atoms with Crippen molar-refractivity contribution in [2.75, 3.05) is 26.8 Å². The van der Waals surface area contributed by atoms with Crippen molar-refractivity contribution >= 4 is 21.4 Å². The van der Waals surface area contributed by atoms with Gasteiger partial charge in [-0.05, 0) is 31.4 Å². The summed E-state index contributed by atoms with van der Waals surface area (Å²) in [6.45, 7) is 1.99. The SMILES string of the molecule is COCCCc1nc(-c2ccc(S(=O)(=O)N3CCCC3)cc2)cs1. The van der Waals surface area contributed by atoms with Crippen LogP contribution in [0.1, 0.15) is 24.3 Å². The molecule has 1 aliphatic rings. The van der Waals surface area contributed by atoms with Crippen molar-refractivity contribution in [3.63, 3.8) is 0 Å². The number of hydrogen-bond acceptors (Lipinski definition) is 5. The van der Waals surface area contributed by atoms with Gasteiger partial charge in [-0.1, -0.05) is 12.1 Å². The molecule has 1 aromatic carbocycles. The first-order chi connectivity index (χ1) is 11.6. The molecule has 2 heterocycles. The normalized spacial score (nSPS) is 15.9. The maximum atomic E-state index is 12.5. The Balaban J connectivity index is 1.72. The van der Waals surface area contributed by atoms with Crippen molar-refractivity contribution in [1.82, 2.24) is 9.29 Å². The van der Waals surface area contributed by atoms with E-state index in [9.17, 15) is 8.42 Å². The number of benzene rings is 1. The first-order valence-corrected chi connectivity index (χ1v) is 10.5. The molecular weight excluding hydrogens is 344 g/mol. The maximum absolute atomic E-state index is 12.5. The maximum Gasteiger partial charge on any atom is 0.243 e. The van der Waals surface area contributed by atoms with Gasteiger partial charge in [0, 0.05) is 44.2 Å². The van der Waals surface area contributed by atoms with Crippen LogP contribution in [0, 0.1) is 0 Å². The highest BCUT2D eigenvalue weighted by Crippen LogP contribution is 2.26. The second-order valence-electron chi connectivity index (χ2n) is 5.86. The van der Waals surface area contributed by atoms with Crippen molar-refractivity contribution in [2.45, 2.75) is 30.6 Å². The second kappa shape index (κ2) is 7.74. The Labute approximate surface area is 147 Å². The van der Waals surface area contributed by atoms with Gasteiger partial charge >= 0.3 is 0 Å². The van der Waals surface area contributed by atoms with Gasteiger partial charge in [0.15, 0.2) is 0 Å². The number of thiazole rings is 1. The molecule has 1 fully saturated rings. The molecule has 0 atom stereocenters. The molecule has 0 N–H and O–H groups in total. The van der Waals surface area contributed by atoms with E-state index in [1.54, 1.807) is 34.9 Å². The third-order valence-electron chi connectivity index (χ3n) is 4.14. The van der Waals surface area contributed by atoms with Gasteiger partial charge in [0.2, 0.25) is 10.0 Å². The van der Waals surface area contributed by atoms with E-state index < -0.39 is 10.0 Å². The lowest BCUT2D eigenvalue weighted by atomic mass is 10.2. The number of methoxy groups -OCH3 is 1. The Kier molecular flexibility index (Phi) is 5.65. The fraction of sp³-hybridized carbons (Fsp3) is 0.471. The molecule has 3 rings (SSSR count). The molecule has 0 aliphatic carbocycles. The van der Waals surface area contributed by atoms with E-state index in [0.717, 1.165) is 48.6 Å². The van der Waals surface area contributed by atoms with E-state index in [0.29, 0.717) is 18.0 Å². The van der Waals surface area contributed by atoms with Crippen LogP contribution in [-0.4, -0.2) is 44.5 Å². The van der Waals surface area contributed by atoms with Crippen LogP contribution in [-0.2, 0) is 21.2 Å². The monoisotopic (exact) mass is 366 g/mol. The Bertz CT molecular complexity index is 763. The topological polar surface area (TPSA) is 59.5 Å². The lowest BCUT2D eigenvalue weighted by molar-refractivity contribution is 0.195. The summed E-state index contributed by atoms with van der Waals surface area (Å²) in [5.74, 6) is 0. The highest BCUT2D eigenvalue weighted by molar-refractivity contribution is 7.89. The summed E-state index contributed by atoms with van der Waals surface area (Å²) in [6.07, 6.45) is 3.75. The summed E-state index contributed by atoms with van der Waals surface area (Å²) in [7, 11) is -1.65. The van der Waals surface area contributed by atoms with Gasteiger partial charge in [-0.15, -0.1) is 11.3 Å². The lowest BCUT2D eigenvalue weighted by Gasteiger charge is -2.15. The first-order valence-electron chi connectivity index (χ1n) is 8.15. The van der Waals surface area contributed by atoms with Crippen molar-refractivity contribution in [3.05, 3.63) is 34.7 Å². The standard InChI is InChI=1S/C17H22N2O3S2/c1-22-12-4-5-17-18-16(13-23-17)14-6-8-15(9-7-14)24(20,21)19-10-2-3-11-19/h6-9,13H,2-5,10-12H2,1H3. The fourth-order valence-corrected chi connectivity index (χ4v) is 5.17. The number of sulfonamides is 1. The quantitative estimate of drug-likeness (QED) is 0.706. The van der Waals surface area contributed by atoms with E-state index in [2.05, 4.69) is 4.98 Å². The number of rotatable bonds is 7. The van der Waals surface area contributed by atoms with E-state index >= 15 is 0 Å². The van der Waals surface area contributed by atoms with E-state index in [4.69, 9.17) is 4.74 Å². The molecule has 0 bridgehead atoms. The molecular formula is C17H22N2O3S2. The predicted molar refractivity (Wildman–Crippen MR) is 95.7 cm³/mol. The van der Waals surface area contributed by atoms with Crippen LogP contribution in [0.4, 0.5) is 0 Å². The number of aromatic nitrogens is 1. The third kappa shape index (κ3) is 3.85. The lowest BCUT2D eigenvalue weighted by Crippen LogP contribution is -2.27. The van der Waals surface area contributed by atoms with Gasteiger partial charge in [-0.2, -0.15) is 4.31 Å². The van der Waals surface area contributed by atoms with E-state index in [-0.39, 0.29) is 0 Å². The molecule has 0 radical (unpaired) electrons. The fourth-order valence-electron chi connectivity index (χ4n) is 2.80. The molecule has 24 heavy (non-hydrogen) atoms. The molecule has 1 saturated heterocycles. The summed E-state index contributed by atoms with van der Waals surface area (Å²) in [5, 5.41) is 3.10. The Morgan fingerprint density at radius 2 is 1.92 bits per heavy atom. The van der Waals surface area contributed by atoms with Crippen molar-refractivity contribution in [1.29, 1.82) is 0 Å². The molecule has 0 saturated carbocycles. The molecule has 5 nitrogen and oxygen atoms in total. The van der Waals surface area contributed by atoms with Crippen molar-refractivity contribution in [2.24, 2.45) is 0 Å². The van der Waals surface area contributed by atoms with Crippen molar-refractivity contribution in [3.8, 4) is 11.3 Å². The average molecular weight is 367 g/mol. The van der Waals surface area contributed by atoms with Crippen LogP contribution in [0.15, 0.2) is 34.5 Å². The van der Waals surface area contributed by atoms with Gasteiger partial charge in [0.05, 0.1) is 15.6 Å². The summed E-state index contributed by atoms with van der Waals surface area (Å²) in [6, 6.07) is 7.06. The zero-order valence-corrected chi connectivity index (χ0v) is 15.4. The highest BCUT2D eigenvalue weighted by Gasteiger charge is 2.26. The first kappa shape index (κ1) is 17.5. The van der Waals surface area contributed by atoms with Crippen molar-refractivity contribution < 1.29 is 13.2 Å². The molecule has 0 unspecified atom stereocenters. The zero-order valence-electron chi connectivity index (χ0n) is 13.8. The third-order valence-corrected chi connectivity index (χ3v) is 6.97. The average Bonchev–Trinajstić information content (AvgIpc) is 3.27. The smallest absolute Gasteiger partial charge is 0.243 e. The summed E-state index contributed by atoms with van der Waals surface area (Å²) >= 11 is 1.63. The second-order valence-corrected chi connectivity index (χ2v) is 8.74. The van der Waals surface area contributed by atoms with Crippen LogP contribution in [0.5, 0.6) is 0 Å². The molecule has 7 heteroatoms. The van der Waals surface area contributed by atoms with E-state index in [1.165, 1.54) is 0 Å². The number of aryl methyl sites for hydroxylation is 1. The molecule has 1 aromatic heterocycles. The summed E-state index contributed by atoms with van der Waals surface area (Å²) in [5.41, 5.74) is 1.85. The Morgan fingerprint density at radius 1 is 1.21 bits per heavy atom. The number of ether oxygens (including phenoxy) is 1. The van der Waals surface area contributed by atoms with Crippen LogP contribution < -0.4 is 0 Å². The van der Waals surface area contributed by atoms with Gasteiger partial charge in [-0.25, -0.2) is 13.4 Å². The molecule has 130 valence electrons. The Morgan fingerprint density at radius 3 is 2.58 bits per heavy atom. The molecule has 0 amide bonds. The molecule has 1 aliphatic heterocycles. The minimum atomic E-state index is -3.35. The Hall–Kier alpha value is -1.28. The zero-order chi connectivity index (χ0) is 17.0. The largest absolute Gasteiger partial charge is 0.385 e. The predicted octanol–water partition coefficient (Wildman–Crippen LogP) is 3.17. The molecule has 2 aromatic rings. The van der Waals surface area contributed by atoms with Crippen LogP contribution >= 0.6 is 11.3 Å². The van der Waals surface area contributed by atoms with Gasteiger partial charge in [0.25, 0.3) is 0 Å². The summed E-state index contributed by atoms with van der Waals surface area (Å²) in [4.78, 5) is 4.99. The van der Waals surface area contributed by atoms with Crippen LogP contribution in [0.2, 0.25) is 0 Å². The number of nitrogens with zero attached hydrogens (tertiary/aromatic N) is 2. The molecule has 0 spiro atoms. The number of hydrogen-bond donors (Lipinski definition) is 0. The van der Waals surface area contributed by atoms with Gasteiger partial charge in [0.1, 0.15) is 0 Å². The van der Waals surface area contributed by atoms with Crippen LogP contribution in [0.25, 0.3) is 11.3 Å².